The van der Waals surface area contributed by atoms with E-state index < -0.39 is 26.6 Å². The Balaban J connectivity index is 1.91. The van der Waals surface area contributed by atoms with Crippen molar-refractivity contribution in [1.82, 2.24) is 0 Å². The second kappa shape index (κ2) is 5.66. The molecule has 116 valence electrons. The van der Waals surface area contributed by atoms with Gasteiger partial charge in [-0.25, -0.2) is 17.2 Å². The SMILES string of the molecule is O=S(=O)(Nc1ccc2c(c1)CCOC2)c1cc(F)cc(F)c1. The minimum absolute atomic E-state index is 0.352. The van der Waals surface area contributed by atoms with Crippen LogP contribution in [0.1, 0.15) is 11.1 Å². The van der Waals surface area contributed by atoms with E-state index in [2.05, 4.69) is 4.72 Å². The zero-order valence-electron chi connectivity index (χ0n) is 11.5. The number of halogens is 2. The summed E-state index contributed by atoms with van der Waals surface area (Å²) in [6, 6.07) is 7.26. The summed E-state index contributed by atoms with van der Waals surface area (Å²) in [5.74, 6) is -1.88. The van der Waals surface area contributed by atoms with E-state index in [4.69, 9.17) is 4.74 Å². The molecule has 0 aromatic heterocycles. The standard InChI is InChI=1S/C15H13F2NO3S/c16-12-6-13(17)8-15(7-12)22(19,20)18-14-2-1-11-9-21-4-3-10(11)5-14/h1-2,5-8,18H,3-4,9H2. The molecule has 0 radical (unpaired) electrons. The summed E-state index contributed by atoms with van der Waals surface area (Å²) < 4.78 is 58.4. The fourth-order valence-corrected chi connectivity index (χ4v) is 3.42. The molecule has 4 nitrogen and oxygen atoms in total. The Morgan fingerprint density at radius 3 is 2.45 bits per heavy atom. The number of benzene rings is 2. The Morgan fingerprint density at radius 2 is 1.73 bits per heavy atom. The van der Waals surface area contributed by atoms with Gasteiger partial charge in [0.1, 0.15) is 11.6 Å². The summed E-state index contributed by atoms with van der Waals surface area (Å²) in [7, 11) is -4.05. The van der Waals surface area contributed by atoms with Crippen LogP contribution in [0, 0.1) is 11.6 Å². The van der Waals surface area contributed by atoms with E-state index in [1.165, 1.54) is 0 Å². The number of rotatable bonds is 3. The van der Waals surface area contributed by atoms with Crippen LogP contribution < -0.4 is 4.72 Å². The first-order valence-corrected chi connectivity index (χ1v) is 8.11. The molecule has 0 unspecified atom stereocenters. The molecule has 0 bridgehead atoms. The molecular weight excluding hydrogens is 312 g/mol. The molecule has 2 aromatic carbocycles. The van der Waals surface area contributed by atoms with Crippen LogP contribution in [0.5, 0.6) is 0 Å². The molecular formula is C15H13F2NO3S. The molecule has 0 saturated carbocycles. The first-order valence-electron chi connectivity index (χ1n) is 6.62. The van der Waals surface area contributed by atoms with Gasteiger partial charge >= 0.3 is 0 Å². The summed E-state index contributed by atoms with van der Waals surface area (Å²) in [4.78, 5) is -0.453. The minimum Gasteiger partial charge on any atom is -0.376 e. The maximum atomic E-state index is 13.2. The average Bonchev–Trinajstić information content (AvgIpc) is 2.46. The number of nitrogens with one attached hydrogen (secondary N) is 1. The highest BCUT2D eigenvalue weighted by Gasteiger charge is 2.18. The molecule has 1 N–H and O–H groups in total. The molecule has 0 aliphatic carbocycles. The third-order valence-electron chi connectivity index (χ3n) is 3.38. The van der Waals surface area contributed by atoms with Crippen molar-refractivity contribution < 1.29 is 21.9 Å². The van der Waals surface area contributed by atoms with Crippen LogP contribution in [0.25, 0.3) is 0 Å². The van der Waals surface area contributed by atoms with Crippen molar-refractivity contribution in [3.63, 3.8) is 0 Å². The Morgan fingerprint density at radius 1 is 1.00 bits per heavy atom. The summed E-state index contributed by atoms with van der Waals surface area (Å²) in [6.07, 6.45) is 0.694. The Labute approximate surface area is 126 Å². The Kier molecular flexibility index (Phi) is 3.84. The van der Waals surface area contributed by atoms with Gasteiger partial charge in [0.2, 0.25) is 0 Å². The van der Waals surface area contributed by atoms with E-state index >= 15 is 0 Å². The van der Waals surface area contributed by atoms with Crippen LogP contribution in [0.4, 0.5) is 14.5 Å². The first kappa shape index (κ1) is 14.9. The molecule has 0 atom stereocenters. The zero-order valence-corrected chi connectivity index (χ0v) is 12.3. The first-order chi connectivity index (χ1) is 10.4. The van der Waals surface area contributed by atoms with Gasteiger partial charge in [-0.3, -0.25) is 4.72 Å². The van der Waals surface area contributed by atoms with Crippen molar-refractivity contribution in [2.75, 3.05) is 11.3 Å². The molecule has 0 amide bonds. The van der Waals surface area contributed by atoms with Crippen LogP contribution in [-0.2, 0) is 27.8 Å². The van der Waals surface area contributed by atoms with Gasteiger partial charge in [0.25, 0.3) is 10.0 Å². The third kappa shape index (κ3) is 3.10. The summed E-state index contributed by atoms with van der Waals surface area (Å²) in [5, 5.41) is 0. The quantitative estimate of drug-likeness (QED) is 0.944. The molecule has 1 aliphatic heterocycles. The number of ether oxygens (including phenoxy) is 1. The lowest BCUT2D eigenvalue weighted by Crippen LogP contribution is -2.15. The summed E-state index contributed by atoms with van der Waals surface area (Å²) in [6.45, 7) is 1.08. The average molecular weight is 325 g/mol. The maximum Gasteiger partial charge on any atom is 0.262 e. The number of anilines is 1. The van der Waals surface area contributed by atoms with E-state index in [9.17, 15) is 17.2 Å². The van der Waals surface area contributed by atoms with Gasteiger partial charge in [0.15, 0.2) is 0 Å². The molecule has 2 aromatic rings. The molecule has 3 rings (SSSR count). The smallest absolute Gasteiger partial charge is 0.262 e. The van der Waals surface area contributed by atoms with Crippen LogP contribution in [0.15, 0.2) is 41.3 Å². The molecule has 7 heteroatoms. The van der Waals surface area contributed by atoms with Crippen molar-refractivity contribution >= 4 is 15.7 Å². The Bertz CT molecular complexity index is 801. The summed E-state index contributed by atoms with van der Waals surface area (Å²) in [5.41, 5.74) is 2.35. The highest BCUT2D eigenvalue weighted by Crippen LogP contribution is 2.23. The normalized spacial score (nSPS) is 14.5. The monoisotopic (exact) mass is 325 g/mol. The van der Waals surface area contributed by atoms with Crippen molar-refractivity contribution in [3.05, 3.63) is 59.2 Å². The number of hydrogen-bond acceptors (Lipinski definition) is 3. The number of hydrogen-bond donors (Lipinski definition) is 1. The van der Waals surface area contributed by atoms with Gasteiger partial charge < -0.3 is 4.74 Å². The van der Waals surface area contributed by atoms with Gasteiger partial charge in [0.05, 0.1) is 18.1 Å². The lowest BCUT2D eigenvalue weighted by Gasteiger charge is -2.17. The highest BCUT2D eigenvalue weighted by atomic mass is 32.2. The molecule has 1 aliphatic rings. The van der Waals surface area contributed by atoms with E-state index in [0.717, 1.165) is 23.3 Å². The van der Waals surface area contributed by atoms with Gasteiger partial charge in [0, 0.05) is 11.8 Å². The van der Waals surface area contributed by atoms with Crippen molar-refractivity contribution in [2.24, 2.45) is 0 Å². The molecule has 1 heterocycles. The van der Waals surface area contributed by atoms with Gasteiger partial charge in [-0.2, -0.15) is 0 Å². The van der Waals surface area contributed by atoms with Crippen LogP contribution in [-0.4, -0.2) is 15.0 Å². The maximum absolute atomic E-state index is 13.2. The zero-order chi connectivity index (χ0) is 15.7. The molecule has 0 saturated heterocycles. The minimum atomic E-state index is -4.05. The topological polar surface area (TPSA) is 55.4 Å². The fraction of sp³-hybridized carbons (Fsp3) is 0.200. The van der Waals surface area contributed by atoms with Crippen LogP contribution in [0.3, 0.4) is 0 Å². The van der Waals surface area contributed by atoms with Gasteiger partial charge in [-0.05, 0) is 41.8 Å². The van der Waals surface area contributed by atoms with E-state index in [1.54, 1.807) is 18.2 Å². The second-order valence-electron chi connectivity index (χ2n) is 5.00. The largest absolute Gasteiger partial charge is 0.376 e. The third-order valence-corrected chi connectivity index (χ3v) is 4.74. The van der Waals surface area contributed by atoms with Crippen molar-refractivity contribution in [3.8, 4) is 0 Å². The van der Waals surface area contributed by atoms with Crippen LogP contribution in [0.2, 0.25) is 0 Å². The predicted molar refractivity (Wildman–Crippen MR) is 77.0 cm³/mol. The molecule has 22 heavy (non-hydrogen) atoms. The highest BCUT2D eigenvalue weighted by molar-refractivity contribution is 7.92. The fourth-order valence-electron chi connectivity index (χ4n) is 2.32. The number of fused-ring (bicyclic) bond motifs is 1. The van der Waals surface area contributed by atoms with Crippen LogP contribution >= 0.6 is 0 Å². The lowest BCUT2D eigenvalue weighted by molar-refractivity contribution is 0.111. The molecule has 0 fully saturated rings. The van der Waals surface area contributed by atoms with Gasteiger partial charge in [-0.1, -0.05) is 6.07 Å². The summed E-state index contributed by atoms with van der Waals surface area (Å²) >= 11 is 0. The van der Waals surface area contributed by atoms with E-state index in [-0.39, 0.29) is 0 Å². The molecule has 0 spiro atoms. The predicted octanol–water partition coefficient (Wildman–Crippen LogP) is 2.84. The van der Waals surface area contributed by atoms with Gasteiger partial charge in [-0.15, -0.1) is 0 Å². The lowest BCUT2D eigenvalue weighted by atomic mass is 10.0. The van der Waals surface area contributed by atoms with E-state index in [0.29, 0.717) is 31.4 Å². The van der Waals surface area contributed by atoms with E-state index in [1.807, 2.05) is 0 Å². The second-order valence-corrected chi connectivity index (χ2v) is 6.68. The number of sulfonamides is 1. The van der Waals surface area contributed by atoms with Crippen molar-refractivity contribution in [2.45, 2.75) is 17.9 Å². The van der Waals surface area contributed by atoms with Crippen molar-refractivity contribution in [1.29, 1.82) is 0 Å². The Hall–Kier alpha value is -1.99.